The molecule has 1 rings (SSSR count). The van der Waals surface area contributed by atoms with Gasteiger partial charge in [-0.05, 0) is 0 Å². The fourth-order valence-electron chi connectivity index (χ4n) is 0.745. The number of hydrogen-bond donors (Lipinski definition) is 1. The fourth-order valence-corrected chi connectivity index (χ4v) is 0.745. The van der Waals surface area contributed by atoms with Gasteiger partial charge in [0.2, 0.25) is 0 Å². The van der Waals surface area contributed by atoms with Crippen LogP contribution >= 0.6 is 0 Å². The molecule has 0 saturated carbocycles. The summed E-state index contributed by atoms with van der Waals surface area (Å²) >= 11 is 0. The van der Waals surface area contributed by atoms with Crippen LogP contribution in [-0.4, -0.2) is 0 Å². The Morgan fingerprint density at radius 1 is 1.55 bits per heavy atom. The van der Waals surface area contributed by atoms with Crippen molar-refractivity contribution in [3.8, 4) is 6.07 Å². The van der Waals surface area contributed by atoms with Crippen molar-refractivity contribution in [3.05, 3.63) is 29.3 Å². The first kappa shape index (κ1) is 10.6. The normalized spacial score (nSPS) is 8.00. The first-order valence-electron chi connectivity index (χ1n) is 2.92. The average molecular weight is 220 g/mol. The number of nitriles is 1. The summed E-state index contributed by atoms with van der Waals surface area (Å²) in [6.45, 7) is 1.81. The maximum atomic E-state index is 8.50. The molecule has 2 N–H and O–H groups in total. The SMILES string of the molecule is Cc1[c-]c(N)ccc1C#N.[Y]. The van der Waals surface area contributed by atoms with Crippen molar-refractivity contribution in [2.24, 2.45) is 0 Å². The van der Waals surface area contributed by atoms with Gasteiger partial charge in [-0.15, -0.1) is 11.6 Å². The van der Waals surface area contributed by atoms with Crippen LogP contribution in [0.1, 0.15) is 11.1 Å². The largest absolute Gasteiger partial charge is 0.420 e. The van der Waals surface area contributed by atoms with E-state index >= 15 is 0 Å². The van der Waals surface area contributed by atoms with Crippen molar-refractivity contribution in [3.63, 3.8) is 0 Å². The molecule has 53 valence electrons. The summed E-state index contributed by atoms with van der Waals surface area (Å²) in [6, 6.07) is 8.25. The van der Waals surface area contributed by atoms with Gasteiger partial charge in [0.25, 0.3) is 0 Å². The number of hydrogen-bond acceptors (Lipinski definition) is 2. The van der Waals surface area contributed by atoms with E-state index in [0.29, 0.717) is 11.3 Å². The first-order valence-corrected chi connectivity index (χ1v) is 2.92. The van der Waals surface area contributed by atoms with Gasteiger partial charge in [-0.25, -0.2) is 5.26 Å². The zero-order valence-electron chi connectivity index (χ0n) is 6.26. The van der Waals surface area contributed by atoms with Crippen molar-refractivity contribution in [1.29, 1.82) is 5.26 Å². The second-order valence-electron chi connectivity index (χ2n) is 2.06. The van der Waals surface area contributed by atoms with E-state index in [1.807, 2.05) is 13.0 Å². The Balaban J connectivity index is 0.000001000. The molecule has 0 atom stereocenters. The second-order valence-corrected chi connectivity index (χ2v) is 2.06. The molecule has 1 radical (unpaired) electrons. The van der Waals surface area contributed by atoms with Crippen LogP contribution in [0.3, 0.4) is 0 Å². The van der Waals surface area contributed by atoms with Gasteiger partial charge in [-0.2, -0.15) is 12.1 Å². The maximum absolute atomic E-state index is 8.50. The van der Waals surface area contributed by atoms with Crippen molar-refractivity contribution in [1.82, 2.24) is 0 Å². The topological polar surface area (TPSA) is 49.8 Å². The smallest absolute Gasteiger partial charge is 0.0310 e. The maximum Gasteiger partial charge on any atom is 0.0310 e. The van der Waals surface area contributed by atoms with E-state index in [0.717, 1.165) is 5.56 Å². The molecule has 0 bridgehead atoms. The van der Waals surface area contributed by atoms with Crippen LogP contribution in [0.15, 0.2) is 12.1 Å². The third-order valence-electron chi connectivity index (χ3n) is 1.29. The van der Waals surface area contributed by atoms with Crippen molar-refractivity contribution in [2.45, 2.75) is 6.92 Å². The molecule has 0 amide bonds. The second kappa shape index (κ2) is 4.48. The van der Waals surface area contributed by atoms with Gasteiger partial charge in [0.15, 0.2) is 0 Å². The molecule has 0 fully saturated rings. The Hall–Kier alpha value is -0.386. The summed E-state index contributed by atoms with van der Waals surface area (Å²) in [6.07, 6.45) is 0. The van der Waals surface area contributed by atoms with E-state index in [1.54, 1.807) is 12.1 Å². The first-order chi connectivity index (χ1) is 4.74. The van der Waals surface area contributed by atoms with Crippen LogP contribution in [0.2, 0.25) is 0 Å². The summed E-state index contributed by atoms with van der Waals surface area (Å²) in [4.78, 5) is 0. The minimum Gasteiger partial charge on any atom is -0.420 e. The predicted octanol–water partition coefficient (Wildman–Crippen LogP) is 1.25. The number of aryl methyl sites for hydroxylation is 1. The van der Waals surface area contributed by atoms with Crippen LogP contribution in [0.5, 0.6) is 0 Å². The van der Waals surface area contributed by atoms with E-state index in [-0.39, 0.29) is 32.7 Å². The summed E-state index contributed by atoms with van der Waals surface area (Å²) in [5.74, 6) is 0. The number of benzene rings is 1. The summed E-state index contributed by atoms with van der Waals surface area (Å²) < 4.78 is 0. The van der Waals surface area contributed by atoms with Gasteiger partial charge in [0.1, 0.15) is 0 Å². The standard InChI is InChI=1S/C8H7N2.Y/c1-6-4-8(10)3-2-7(6)5-9;/h2-3H,10H2,1H3;/q-1;. The number of nitrogens with zero attached hydrogens (tertiary/aromatic N) is 1. The van der Waals surface area contributed by atoms with Gasteiger partial charge in [-0.3, -0.25) is 0 Å². The third kappa shape index (κ3) is 2.61. The van der Waals surface area contributed by atoms with Crippen molar-refractivity contribution < 1.29 is 32.7 Å². The number of nitrogens with two attached hydrogens (primary N) is 1. The van der Waals surface area contributed by atoms with E-state index in [9.17, 15) is 0 Å². The zero-order chi connectivity index (χ0) is 7.56. The molecule has 0 heterocycles. The molecule has 0 saturated heterocycles. The van der Waals surface area contributed by atoms with Crippen molar-refractivity contribution >= 4 is 5.69 Å². The fraction of sp³-hybridized carbons (Fsp3) is 0.125. The Morgan fingerprint density at radius 2 is 2.18 bits per heavy atom. The molecular weight excluding hydrogens is 213 g/mol. The van der Waals surface area contributed by atoms with Crippen LogP contribution in [0, 0.1) is 24.3 Å². The Morgan fingerprint density at radius 3 is 2.64 bits per heavy atom. The molecule has 3 heteroatoms. The van der Waals surface area contributed by atoms with Gasteiger partial charge in [0, 0.05) is 38.8 Å². The number of nitrogen functional groups attached to an aromatic ring is 1. The van der Waals surface area contributed by atoms with E-state index in [2.05, 4.69) is 6.07 Å². The molecule has 0 aliphatic rings. The molecular formula is C8H7N2Y-. The van der Waals surface area contributed by atoms with Gasteiger partial charge >= 0.3 is 0 Å². The van der Waals surface area contributed by atoms with Crippen molar-refractivity contribution in [2.75, 3.05) is 5.73 Å². The summed E-state index contributed by atoms with van der Waals surface area (Å²) in [5.41, 5.74) is 7.44. The van der Waals surface area contributed by atoms with E-state index in [4.69, 9.17) is 11.0 Å². The quantitative estimate of drug-likeness (QED) is 0.528. The van der Waals surface area contributed by atoms with Gasteiger partial charge in [0.05, 0.1) is 0 Å². The Bertz CT molecular complexity index is 289. The minimum atomic E-state index is 0. The minimum absolute atomic E-state index is 0. The Kier molecular flexibility index (Phi) is 4.33. The zero-order valence-corrected chi connectivity index (χ0v) is 9.09. The Labute approximate surface area is 91.3 Å². The van der Waals surface area contributed by atoms with E-state index < -0.39 is 0 Å². The van der Waals surface area contributed by atoms with Gasteiger partial charge < -0.3 is 5.73 Å². The molecule has 1 aromatic carbocycles. The molecule has 0 aliphatic heterocycles. The average Bonchev–Trinajstić information content (AvgIpc) is 1.88. The van der Waals surface area contributed by atoms with Gasteiger partial charge in [-0.1, -0.05) is 18.2 Å². The molecule has 0 aliphatic carbocycles. The molecule has 0 aromatic heterocycles. The van der Waals surface area contributed by atoms with Crippen LogP contribution < -0.4 is 5.73 Å². The summed E-state index contributed by atoms with van der Waals surface area (Å²) in [5, 5.41) is 8.50. The van der Waals surface area contributed by atoms with Crippen LogP contribution in [-0.2, 0) is 32.7 Å². The summed E-state index contributed by atoms with van der Waals surface area (Å²) in [7, 11) is 0. The predicted molar refractivity (Wildman–Crippen MR) is 39.1 cm³/mol. The molecule has 11 heavy (non-hydrogen) atoms. The third-order valence-corrected chi connectivity index (χ3v) is 1.29. The number of rotatable bonds is 0. The molecule has 0 unspecified atom stereocenters. The van der Waals surface area contributed by atoms with Crippen LogP contribution in [0.25, 0.3) is 0 Å². The van der Waals surface area contributed by atoms with Crippen LogP contribution in [0.4, 0.5) is 5.69 Å². The number of anilines is 1. The molecule has 2 nitrogen and oxygen atoms in total. The molecule has 1 aromatic rings. The van der Waals surface area contributed by atoms with E-state index in [1.165, 1.54) is 0 Å². The monoisotopic (exact) mass is 220 g/mol. The molecule has 0 spiro atoms.